The standard InChI is InChI=1S/C13H23NO3S2/c1-16-12(15)7-3-2-4-9-19-13(18)14-10-11-6-5-8-17-11/h11H,2-10H2,1H3,(H,14,18). The third-order valence-corrected chi connectivity index (χ3v) is 4.38. The number of rotatable bonds is 8. The molecule has 1 atom stereocenters. The van der Waals surface area contributed by atoms with Gasteiger partial charge in [-0.1, -0.05) is 30.4 Å². The lowest BCUT2D eigenvalue weighted by atomic mass is 10.2. The molecule has 4 nitrogen and oxygen atoms in total. The zero-order valence-electron chi connectivity index (χ0n) is 11.5. The molecule has 1 aliphatic rings. The minimum absolute atomic E-state index is 0.124. The summed E-state index contributed by atoms with van der Waals surface area (Å²) in [6.45, 7) is 1.71. The van der Waals surface area contributed by atoms with E-state index in [0.29, 0.717) is 12.5 Å². The van der Waals surface area contributed by atoms with Crippen molar-refractivity contribution in [1.82, 2.24) is 5.32 Å². The summed E-state index contributed by atoms with van der Waals surface area (Å²) in [7, 11) is 1.43. The van der Waals surface area contributed by atoms with E-state index in [2.05, 4.69) is 10.1 Å². The van der Waals surface area contributed by atoms with Crippen molar-refractivity contribution < 1.29 is 14.3 Å². The van der Waals surface area contributed by atoms with Gasteiger partial charge in [-0.25, -0.2) is 0 Å². The maximum absolute atomic E-state index is 10.9. The first-order valence-electron chi connectivity index (χ1n) is 6.81. The predicted molar refractivity (Wildman–Crippen MR) is 82.5 cm³/mol. The molecular weight excluding hydrogens is 282 g/mol. The van der Waals surface area contributed by atoms with Crippen molar-refractivity contribution in [2.24, 2.45) is 0 Å². The van der Waals surface area contributed by atoms with Gasteiger partial charge in [-0.05, 0) is 25.7 Å². The van der Waals surface area contributed by atoms with Gasteiger partial charge < -0.3 is 14.8 Å². The van der Waals surface area contributed by atoms with Gasteiger partial charge in [0.05, 0.1) is 13.2 Å². The number of esters is 1. The van der Waals surface area contributed by atoms with Crippen LogP contribution in [0.2, 0.25) is 0 Å². The lowest BCUT2D eigenvalue weighted by Gasteiger charge is -2.12. The summed E-state index contributed by atoms with van der Waals surface area (Å²) in [5.74, 6) is 0.875. The number of thioether (sulfide) groups is 1. The second-order valence-corrected chi connectivity index (χ2v) is 6.31. The largest absolute Gasteiger partial charge is 0.469 e. The molecule has 1 rings (SSSR count). The van der Waals surface area contributed by atoms with E-state index in [1.165, 1.54) is 7.11 Å². The van der Waals surface area contributed by atoms with Crippen LogP contribution in [0.5, 0.6) is 0 Å². The molecule has 6 heteroatoms. The highest BCUT2D eigenvalue weighted by molar-refractivity contribution is 8.22. The molecule has 1 heterocycles. The van der Waals surface area contributed by atoms with Crippen LogP contribution in [0.15, 0.2) is 0 Å². The lowest BCUT2D eigenvalue weighted by Crippen LogP contribution is -2.29. The van der Waals surface area contributed by atoms with Crippen LogP contribution < -0.4 is 5.32 Å². The van der Waals surface area contributed by atoms with E-state index in [9.17, 15) is 4.79 Å². The van der Waals surface area contributed by atoms with Crippen LogP contribution in [0.3, 0.4) is 0 Å². The summed E-state index contributed by atoms with van der Waals surface area (Å²) in [5.41, 5.74) is 0. The summed E-state index contributed by atoms with van der Waals surface area (Å²) in [6, 6.07) is 0. The van der Waals surface area contributed by atoms with Crippen molar-refractivity contribution in [2.75, 3.05) is 26.0 Å². The molecule has 1 unspecified atom stereocenters. The van der Waals surface area contributed by atoms with Gasteiger partial charge in [0.15, 0.2) is 0 Å². The molecule has 19 heavy (non-hydrogen) atoms. The van der Waals surface area contributed by atoms with E-state index >= 15 is 0 Å². The smallest absolute Gasteiger partial charge is 0.305 e. The Kier molecular flexibility index (Phi) is 9.20. The molecule has 110 valence electrons. The number of carbonyl (C=O) groups excluding carboxylic acids is 1. The van der Waals surface area contributed by atoms with Crippen LogP contribution in [0.4, 0.5) is 0 Å². The van der Waals surface area contributed by atoms with Gasteiger partial charge in [-0.15, -0.1) is 0 Å². The van der Waals surface area contributed by atoms with Gasteiger partial charge in [0.25, 0.3) is 0 Å². The van der Waals surface area contributed by atoms with Gasteiger partial charge in [-0.3, -0.25) is 4.79 Å². The highest BCUT2D eigenvalue weighted by Crippen LogP contribution is 2.12. The quantitative estimate of drug-likeness (QED) is 0.422. The van der Waals surface area contributed by atoms with Gasteiger partial charge in [-0.2, -0.15) is 0 Å². The number of carbonyl (C=O) groups is 1. The number of ether oxygens (including phenoxy) is 2. The number of hydrogen-bond acceptors (Lipinski definition) is 5. The molecule has 0 aromatic carbocycles. The van der Waals surface area contributed by atoms with Crippen LogP contribution in [-0.2, 0) is 14.3 Å². The number of unbranched alkanes of at least 4 members (excludes halogenated alkanes) is 2. The summed E-state index contributed by atoms with van der Waals surface area (Å²) in [4.78, 5) is 10.9. The third-order valence-electron chi connectivity index (χ3n) is 2.98. The van der Waals surface area contributed by atoms with Gasteiger partial charge in [0, 0.05) is 25.3 Å². The van der Waals surface area contributed by atoms with Crippen LogP contribution in [0.25, 0.3) is 0 Å². The predicted octanol–water partition coefficient (Wildman–Crippen LogP) is 2.51. The van der Waals surface area contributed by atoms with Crippen LogP contribution in [-0.4, -0.2) is 42.4 Å². The SMILES string of the molecule is COC(=O)CCCCCSC(=S)NCC1CCCO1. The Morgan fingerprint density at radius 1 is 1.47 bits per heavy atom. The number of hydrogen-bond donors (Lipinski definition) is 1. The van der Waals surface area contributed by atoms with Crippen molar-refractivity contribution in [1.29, 1.82) is 0 Å². The summed E-state index contributed by atoms with van der Waals surface area (Å²) in [5, 5.41) is 3.24. The molecule has 0 spiro atoms. The molecule has 1 saturated heterocycles. The fourth-order valence-corrected chi connectivity index (χ4v) is 2.92. The molecule has 0 aromatic heterocycles. The molecular formula is C13H23NO3S2. The normalized spacial score (nSPS) is 18.3. The second-order valence-electron chi connectivity index (χ2n) is 4.54. The first-order chi connectivity index (χ1) is 9.22. The molecule has 0 aliphatic carbocycles. The maximum atomic E-state index is 10.9. The van der Waals surface area contributed by atoms with E-state index in [0.717, 1.165) is 55.3 Å². The van der Waals surface area contributed by atoms with Gasteiger partial charge in [0.2, 0.25) is 0 Å². The van der Waals surface area contributed by atoms with E-state index in [1.807, 2.05) is 0 Å². The monoisotopic (exact) mass is 305 g/mol. The van der Waals surface area contributed by atoms with Crippen molar-refractivity contribution in [2.45, 2.75) is 44.6 Å². The highest BCUT2D eigenvalue weighted by Gasteiger charge is 2.15. The minimum Gasteiger partial charge on any atom is -0.469 e. The summed E-state index contributed by atoms with van der Waals surface area (Å²) in [6.07, 6.45) is 6.14. The maximum Gasteiger partial charge on any atom is 0.305 e. The van der Waals surface area contributed by atoms with E-state index in [-0.39, 0.29) is 5.97 Å². The van der Waals surface area contributed by atoms with Crippen molar-refractivity contribution in [3.05, 3.63) is 0 Å². The van der Waals surface area contributed by atoms with Crippen molar-refractivity contribution >= 4 is 34.3 Å². The number of thiocarbonyl (C=S) groups is 1. The molecule has 0 saturated carbocycles. The van der Waals surface area contributed by atoms with E-state index in [1.54, 1.807) is 11.8 Å². The van der Waals surface area contributed by atoms with Crippen LogP contribution in [0, 0.1) is 0 Å². The molecule has 1 fully saturated rings. The molecule has 1 N–H and O–H groups in total. The van der Waals surface area contributed by atoms with E-state index in [4.69, 9.17) is 17.0 Å². The highest BCUT2D eigenvalue weighted by atomic mass is 32.2. The fraction of sp³-hybridized carbons (Fsp3) is 0.846. The van der Waals surface area contributed by atoms with Crippen molar-refractivity contribution in [3.8, 4) is 0 Å². The molecule has 1 aliphatic heterocycles. The average molecular weight is 305 g/mol. The zero-order chi connectivity index (χ0) is 13.9. The van der Waals surface area contributed by atoms with E-state index < -0.39 is 0 Å². The molecule has 0 amide bonds. The molecule has 0 bridgehead atoms. The number of nitrogens with one attached hydrogen (secondary N) is 1. The van der Waals surface area contributed by atoms with Crippen molar-refractivity contribution in [3.63, 3.8) is 0 Å². The number of methoxy groups -OCH3 is 1. The van der Waals surface area contributed by atoms with Crippen LogP contribution in [0.1, 0.15) is 38.5 Å². The topological polar surface area (TPSA) is 47.6 Å². The zero-order valence-corrected chi connectivity index (χ0v) is 13.1. The second kappa shape index (κ2) is 10.5. The molecule has 0 aromatic rings. The summed E-state index contributed by atoms with van der Waals surface area (Å²) < 4.78 is 11.0. The Balaban J connectivity index is 1.88. The fourth-order valence-electron chi connectivity index (χ4n) is 1.87. The minimum atomic E-state index is -0.124. The van der Waals surface area contributed by atoms with Crippen LogP contribution >= 0.6 is 24.0 Å². The lowest BCUT2D eigenvalue weighted by molar-refractivity contribution is -0.140. The third kappa shape index (κ3) is 8.44. The Morgan fingerprint density at radius 2 is 2.32 bits per heavy atom. The Labute approximate surface area is 125 Å². The van der Waals surface area contributed by atoms with Gasteiger partial charge >= 0.3 is 5.97 Å². The first kappa shape index (κ1) is 16.7. The van der Waals surface area contributed by atoms with Gasteiger partial charge in [0.1, 0.15) is 4.32 Å². The Hall–Kier alpha value is -0.330. The molecule has 0 radical (unpaired) electrons. The first-order valence-corrected chi connectivity index (χ1v) is 8.21. The Bertz CT molecular complexity index is 281. The Morgan fingerprint density at radius 3 is 3.00 bits per heavy atom. The summed E-state index contributed by atoms with van der Waals surface area (Å²) >= 11 is 6.92. The average Bonchev–Trinajstić information content (AvgIpc) is 2.93.